The Morgan fingerprint density at radius 3 is 2.83 bits per heavy atom. The Hall–Kier alpha value is -2.05. The van der Waals surface area contributed by atoms with Gasteiger partial charge in [0.05, 0.1) is 17.8 Å². The summed E-state index contributed by atoms with van der Waals surface area (Å²) < 4.78 is 7.29. The van der Waals surface area contributed by atoms with Crippen LogP contribution in [0, 0.1) is 0 Å². The first-order valence-corrected chi connectivity index (χ1v) is 7.69. The fraction of sp³-hybridized carbons (Fsp3) is 0.375. The van der Waals surface area contributed by atoms with E-state index in [0.717, 1.165) is 5.56 Å². The molecular formula is C16H21ClN4O2. The van der Waals surface area contributed by atoms with Gasteiger partial charge in [-0.2, -0.15) is 5.10 Å². The van der Waals surface area contributed by atoms with E-state index in [9.17, 15) is 4.79 Å². The lowest BCUT2D eigenvalue weighted by Gasteiger charge is -2.23. The van der Waals surface area contributed by atoms with Crippen LogP contribution >= 0.6 is 11.6 Å². The molecule has 1 atom stereocenters. The molecule has 7 heteroatoms. The van der Waals surface area contributed by atoms with Crippen LogP contribution in [-0.2, 0) is 11.8 Å². The summed E-state index contributed by atoms with van der Waals surface area (Å²) in [6.07, 6.45) is 3.51. The van der Waals surface area contributed by atoms with Crippen molar-refractivity contribution < 1.29 is 9.53 Å². The quantitative estimate of drug-likeness (QED) is 0.838. The normalized spacial score (nSPS) is 12.0. The number of para-hydroxylation sites is 1. The molecule has 0 aliphatic carbocycles. The van der Waals surface area contributed by atoms with Gasteiger partial charge in [0.1, 0.15) is 18.4 Å². The van der Waals surface area contributed by atoms with Gasteiger partial charge in [-0.25, -0.2) is 0 Å². The van der Waals surface area contributed by atoms with Gasteiger partial charge in [-0.15, -0.1) is 0 Å². The molecule has 0 aliphatic heterocycles. The molecule has 6 nitrogen and oxygen atoms in total. The summed E-state index contributed by atoms with van der Waals surface area (Å²) in [4.78, 5) is 14.2. The maximum absolute atomic E-state index is 12.5. The molecule has 1 aromatic carbocycles. The molecule has 1 N–H and O–H groups in total. The van der Waals surface area contributed by atoms with Crippen LogP contribution < -0.4 is 10.1 Å². The molecule has 124 valence electrons. The fourth-order valence-corrected chi connectivity index (χ4v) is 2.40. The van der Waals surface area contributed by atoms with Crippen LogP contribution in [0.1, 0.15) is 11.6 Å². The molecular weight excluding hydrogens is 316 g/mol. The van der Waals surface area contributed by atoms with Crippen molar-refractivity contribution in [1.82, 2.24) is 20.0 Å². The highest BCUT2D eigenvalue weighted by molar-refractivity contribution is 6.32. The fourth-order valence-electron chi connectivity index (χ4n) is 2.21. The van der Waals surface area contributed by atoms with Gasteiger partial charge in [-0.3, -0.25) is 9.48 Å². The first-order chi connectivity index (χ1) is 11.0. The first kappa shape index (κ1) is 17.3. The van der Waals surface area contributed by atoms with E-state index < -0.39 is 6.04 Å². The van der Waals surface area contributed by atoms with Gasteiger partial charge in [-0.1, -0.05) is 23.7 Å². The molecule has 1 heterocycles. The van der Waals surface area contributed by atoms with Crippen LogP contribution in [-0.4, -0.2) is 47.8 Å². The van der Waals surface area contributed by atoms with Crippen molar-refractivity contribution in [2.75, 3.05) is 27.2 Å². The third-order valence-corrected chi connectivity index (χ3v) is 3.80. The summed E-state index contributed by atoms with van der Waals surface area (Å²) in [7, 11) is 5.32. The van der Waals surface area contributed by atoms with Crippen molar-refractivity contribution >= 4 is 17.5 Å². The second-order valence-electron chi connectivity index (χ2n) is 5.21. The third kappa shape index (κ3) is 4.46. The number of halogens is 1. The van der Waals surface area contributed by atoms with Crippen molar-refractivity contribution in [1.29, 1.82) is 0 Å². The van der Waals surface area contributed by atoms with E-state index in [2.05, 4.69) is 10.4 Å². The van der Waals surface area contributed by atoms with Gasteiger partial charge >= 0.3 is 0 Å². The summed E-state index contributed by atoms with van der Waals surface area (Å²) in [5, 5.41) is 7.69. The Kier molecular flexibility index (Phi) is 6.01. The van der Waals surface area contributed by atoms with Gasteiger partial charge in [-0.05, 0) is 19.2 Å². The highest BCUT2D eigenvalue weighted by Gasteiger charge is 2.23. The number of likely N-dealkylation sites (N-methyl/N-ethyl adjacent to an activating group) is 2. The highest BCUT2D eigenvalue weighted by atomic mass is 35.5. The molecule has 2 rings (SSSR count). The molecule has 2 aromatic rings. The lowest BCUT2D eigenvalue weighted by Crippen LogP contribution is -2.39. The minimum Gasteiger partial charge on any atom is -0.490 e. The van der Waals surface area contributed by atoms with Gasteiger partial charge in [0.2, 0.25) is 5.91 Å². The van der Waals surface area contributed by atoms with Crippen molar-refractivity contribution in [3.63, 3.8) is 0 Å². The monoisotopic (exact) mass is 336 g/mol. The Balaban J connectivity index is 1.90. The molecule has 23 heavy (non-hydrogen) atoms. The Morgan fingerprint density at radius 2 is 2.22 bits per heavy atom. The molecule has 1 amide bonds. The predicted molar refractivity (Wildman–Crippen MR) is 89.6 cm³/mol. The molecule has 0 spiro atoms. The number of ether oxygens (including phenoxy) is 1. The molecule has 0 saturated carbocycles. The van der Waals surface area contributed by atoms with Crippen LogP contribution in [0.5, 0.6) is 5.75 Å². The van der Waals surface area contributed by atoms with Crippen molar-refractivity contribution in [2.45, 2.75) is 6.04 Å². The summed E-state index contributed by atoms with van der Waals surface area (Å²) in [5.41, 5.74) is 0.832. The standard InChI is InChI=1S/C16H21ClN4O2/c1-18-15(12-10-19-21(3)11-12)16(22)20(2)8-9-23-14-7-5-4-6-13(14)17/h4-7,10-11,15,18H,8-9H2,1-3H3. The minimum atomic E-state index is -0.422. The van der Waals surface area contributed by atoms with Gasteiger partial charge in [0.25, 0.3) is 0 Å². The van der Waals surface area contributed by atoms with Gasteiger partial charge < -0.3 is 15.0 Å². The number of aromatic nitrogens is 2. The van der Waals surface area contributed by atoms with E-state index in [4.69, 9.17) is 16.3 Å². The number of rotatable bonds is 7. The largest absolute Gasteiger partial charge is 0.490 e. The van der Waals surface area contributed by atoms with Crippen molar-refractivity contribution in [3.8, 4) is 5.75 Å². The topological polar surface area (TPSA) is 59.4 Å². The summed E-state index contributed by atoms with van der Waals surface area (Å²) in [6, 6.07) is 6.85. The molecule has 0 saturated heterocycles. The number of aryl methyl sites for hydroxylation is 1. The molecule has 0 aliphatic rings. The SMILES string of the molecule is CNC(C(=O)N(C)CCOc1ccccc1Cl)c1cnn(C)c1. The van der Waals surface area contributed by atoms with E-state index in [1.165, 1.54) is 0 Å². The second-order valence-corrected chi connectivity index (χ2v) is 5.61. The summed E-state index contributed by atoms with van der Waals surface area (Å²) in [6.45, 7) is 0.831. The minimum absolute atomic E-state index is 0.0386. The summed E-state index contributed by atoms with van der Waals surface area (Å²) >= 11 is 6.03. The average Bonchev–Trinajstić information content (AvgIpc) is 2.96. The Bertz CT molecular complexity index is 659. The molecule has 0 radical (unpaired) electrons. The Morgan fingerprint density at radius 1 is 1.48 bits per heavy atom. The zero-order valence-corrected chi connectivity index (χ0v) is 14.2. The maximum Gasteiger partial charge on any atom is 0.244 e. The number of carbonyl (C=O) groups excluding carboxylic acids is 1. The number of nitrogens with zero attached hydrogens (tertiary/aromatic N) is 3. The van der Waals surface area contributed by atoms with E-state index in [-0.39, 0.29) is 5.91 Å². The third-order valence-electron chi connectivity index (χ3n) is 3.49. The molecule has 1 aromatic heterocycles. The Labute approximate surface area is 141 Å². The van der Waals surface area contributed by atoms with E-state index in [1.54, 1.807) is 42.0 Å². The van der Waals surface area contributed by atoms with Crippen molar-refractivity contribution in [2.24, 2.45) is 7.05 Å². The number of nitrogens with one attached hydrogen (secondary N) is 1. The molecule has 0 bridgehead atoms. The van der Waals surface area contributed by atoms with Crippen molar-refractivity contribution in [3.05, 3.63) is 47.2 Å². The zero-order valence-electron chi connectivity index (χ0n) is 13.5. The summed E-state index contributed by atoms with van der Waals surface area (Å²) in [5.74, 6) is 0.579. The number of carbonyl (C=O) groups is 1. The average molecular weight is 337 g/mol. The van der Waals surface area contributed by atoms with E-state index in [1.807, 2.05) is 25.4 Å². The van der Waals surface area contributed by atoms with E-state index >= 15 is 0 Å². The lowest BCUT2D eigenvalue weighted by molar-refractivity contribution is -0.132. The van der Waals surface area contributed by atoms with Crippen LogP contribution in [0.15, 0.2) is 36.7 Å². The zero-order chi connectivity index (χ0) is 16.8. The lowest BCUT2D eigenvalue weighted by atomic mass is 10.1. The van der Waals surface area contributed by atoms with Crippen LogP contribution in [0.4, 0.5) is 0 Å². The predicted octanol–water partition coefficient (Wildman–Crippen LogP) is 1.87. The van der Waals surface area contributed by atoms with Crippen LogP contribution in [0.25, 0.3) is 0 Å². The van der Waals surface area contributed by atoms with Crippen LogP contribution in [0.2, 0.25) is 5.02 Å². The van der Waals surface area contributed by atoms with E-state index in [0.29, 0.717) is 23.9 Å². The smallest absolute Gasteiger partial charge is 0.244 e. The molecule has 1 unspecified atom stereocenters. The number of amides is 1. The number of hydrogen-bond acceptors (Lipinski definition) is 4. The second kappa shape index (κ2) is 7.99. The first-order valence-electron chi connectivity index (χ1n) is 7.31. The maximum atomic E-state index is 12.5. The highest BCUT2D eigenvalue weighted by Crippen LogP contribution is 2.23. The number of hydrogen-bond donors (Lipinski definition) is 1. The number of benzene rings is 1. The van der Waals surface area contributed by atoms with Crippen LogP contribution in [0.3, 0.4) is 0 Å². The molecule has 0 fully saturated rings. The van der Waals surface area contributed by atoms with Gasteiger partial charge in [0, 0.05) is 25.9 Å². The van der Waals surface area contributed by atoms with Gasteiger partial charge in [0.15, 0.2) is 0 Å².